The lowest BCUT2D eigenvalue weighted by atomic mass is 10.2. The Morgan fingerprint density at radius 1 is 1.44 bits per heavy atom. The highest BCUT2D eigenvalue weighted by Crippen LogP contribution is 2.29. The second-order valence-electron chi connectivity index (χ2n) is 3.49. The van der Waals surface area contributed by atoms with Crippen LogP contribution in [0.1, 0.15) is 5.69 Å². The van der Waals surface area contributed by atoms with E-state index in [1.807, 2.05) is 6.07 Å². The monoisotopic (exact) mass is 243 g/mol. The highest BCUT2D eigenvalue weighted by atomic mass is 16.6. The summed E-state index contributed by atoms with van der Waals surface area (Å²) in [6, 6.07) is 9.89. The molecule has 0 N–H and O–H groups in total. The van der Waals surface area contributed by atoms with Gasteiger partial charge in [0.2, 0.25) is 0 Å². The molecule has 6 nitrogen and oxygen atoms in total. The molecule has 0 aliphatic carbocycles. The Bertz CT molecular complexity index is 640. The molecule has 0 aliphatic rings. The van der Waals surface area contributed by atoms with Crippen molar-refractivity contribution in [3.05, 3.63) is 52.3 Å². The van der Waals surface area contributed by atoms with Crippen molar-refractivity contribution in [2.24, 2.45) is 0 Å². The fourth-order valence-corrected chi connectivity index (χ4v) is 1.67. The van der Waals surface area contributed by atoms with Crippen LogP contribution >= 0.6 is 0 Å². The number of hydrogen-bond donors (Lipinski definition) is 0. The van der Waals surface area contributed by atoms with Gasteiger partial charge >= 0.3 is 5.69 Å². The summed E-state index contributed by atoms with van der Waals surface area (Å²) in [6.07, 6.45) is 1.67. The van der Waals surface area contributed by atoms with Gasteiger partial charge in [0.25, 0.3) is 0 Å². The van der Waals surface area contributed by atoms with E-state index in [9.17, 15) is 10.1 Å². The van der Waals surface area contributed by atoms with Gasteiger partial charge < -0.3 is 9.30 Å². The molecule has 0 bridgehead atoms. The van der Waals surface area contributed by atoms with E-state index in [1.54, 1.807) is 29.0 Å². The molecule has 0 spiro atoms. The predicted molar refractivity (Wildman–Crippen MR) is 63.7 cm³/mol. The van der Waals surface area contributed by atoms with E-state index in [0.29, 0.717) is 11.4 Å². The van der Waals surface area contributed by atoms with Crippen LogP contribution in [0.25, 0.3) is 5.69 Å². The van der Waals surface area contributed by atoms with Crippen LogP contribution in [0.2, 0.25) is 0 Å². The first-order valence-corrected chi connectivity index (χ1v) is 5.07. The van der Waals surface area contributed by atoms with Crippen LogP contribution in [0.3, 0.4) is 0 Å². The Hall–Kier alpha value is -2.81. The lowest BCUT2D eigenvalue weighted by Crippen LogP contribution is -1.99. The number of methoxy groups -OCH3 is 1. The normalized spacial score (nSPS) is 9.78. The zero-order valence-corrected chi connectivity index (χ0v) is 9.53. The Kier molecular flexibility index (Phi) is 2.98. The molecule has 0 unspecified atom stereocenters. The van der Waals surface area contributed by atoms with Crippen molar-refractivity contribution >= 4 is 5.69 Å². The van der Waals surface area contributed by atoms with E-state index in [4.69, 9.17) is 10.00 Å². The van der Waals surface area contributed by atoms with E-state index >= 15 is 0 Å². The molecule has 1 aromatic heterocycles. The molecule has 1 aromatic carbocycles. The van der Waals surface area contributed by atoms with Gasteiger partial charge in [-0.3, -0.25) is 10.1 Å². The molecule has 18 heavy (non-hydrogen) atoms. The van der Waals surface area contributed by atoms with E-state index in [-0.39, 0.29) is 11.4 Å². The van der Waals surface area contributed by atoms with Crippen molar-refractivity contribution in [3.63, 3.8) is 0 Å². The van der Waals surface area contributed by atoms with Crippen LogP contribution in [-0.2, 0) is 0 Å². The molecular formula is C12H9N3O3. The first-order chi connectivity index (χ1) is 8.67. The molecule has 0 radical (unpaired) electrons. The first-order valence-electron chi connectivity index (χ1n) is 5.07. The number of benzene rings is 1. The van der Waals surface area contributed by atoms with Gasteiger partial charge in [-0.1, -0.05) is 0 Å². The van der Waals surface area contributed by atoms with Crippen molar-refractivity contribution in [3.8, 4) is 17.5 Å². The lowest BCUT2D eigenvalue weighted by Gasteiger charge is -2.07. The van der Waals surface area contributed by atoms with E-state index in [2.05, 4.69) is 0 Å². The third-order valence-corrected chi connectivity index (χ3v) is 2.50. The number of ether oxygens (including phenoxy) is 1. The first kappa shape index (κ1) is 11.7. The Morgan fingerprint density at radius 3 is 2.83 bits per heavy atom. The summed E-state index contributed by atoms with van der Waals surface area (Å²) in [4.78, 5) is 10.4. The van der Waals surface area contributed by atoms with Crippen molar-refractivity contribution in [1.82, 2.24) is 4.57 Å². The van der Waals surface area contributed by atoms with Crippen molar-refractivity contribution < 1.29 is 9.66 Å². The summed E-state index contributed by atoms with van der Waals surface area (Å²) in [6.45, 7) is 0. The largest absolute Gasteiger partial charge is 0.490 e. The summed E-state index contributed by atoms with van der Waals surface area (Å²) >= 11 is 0. The molecule has 0 fully saturated rings. The van der Waals surface area contributed by atoms with Gasteiger partial charge in [-0.05, 0) is 24.3 Å². The van der Waals surface area contributed by atoms with Crippen LogP contribution in [0, 0.1) is 21.4 Å². The molecule has 0 saturated carbocycles. The summed E-state index contributed by atoms with van der Waals surface area (Å²) in [7, 11) is 1.37. The van der Waals surface area contributed by atoms with E-state index in [0.717, 1.165) is 0 Å². The average molecular weight is 243 g/mol. The second kappa shape index (κ2) is 4.59. The smallest absolute Gasteiger partial charge is 0.312 e. The number of rotatable bonds is 3. The lowest BCUT2D eigenvalue weighted by molar-refractivity contribution is -0.385. The number of hydrogen-bond acceptors (Lipinski definition) is 4. The average Bonchev–Trinajstić information content (AvgIpc) is 2.86. The zero-order chi connectivity index (χ0) is 13.1. The Balaban J connectivity index is 2.58. The van der Waals surface area contributed by atoms with Crippen molar-refractivity contribution in [1.29, 1.82) is 5.26 Å². The summed E-state index contributed by atoms with van der Waals surface area (Å²) in [5.74, 6) is 0.189. The second-order valence-corrected chi connectivity index (χ2v) is 3.49. The fraction of sp³-hybridized carbons (Fsp3) is 0.0833. The van der Waals surface area contributed by atoms with Gasteiger partial charge in [0.15, 0.2) is 5.75 Å². The van der Waals surface area contributed by atoms with Gasteiger partial charge in [0, 0.05) is 12.3 Å². The van der Waals surface area contributed by atoms with Crippen molar-refractivity contribution in [2.45, 2.75) is 0 Å². The van der Waals surface area contributed by atoms with Crippen LogP contribution in [0.5, 0.6) is 5.75 Å². The standard InChI is InChI=1S/C12H9N3O3/c1-18-12-5-4-9(7-11(12)15(16)17)14-6-2-3-10(14)8-13/h2-7H,1H3. The fourth-order valence-electron chi connectivity index (χ4n) is 1.67. The topological polar surface area (TPSA) is 81.1 Å². The summed E-state index contributed by atoms with van der Waals surface area (Å²) in [5.41, 5.74) is 0.825. The minimum Gasteiger partial charge on any atom is -0.490 e. The van der Waals surface area contributed by atoms with E-state index in [1.165, 1.54) is 19.2 Å². The molecule has 90 valence electrons. The van der Waals surface area contributed by atoms with Gasteiger partial charge in [-0.25, -0.2) is 0 Å². The highest BCUT2D eigenvalue weighted by Gasteiger charge is 2.16. The molecule has 0 atom stereocenters. The Labute approximate surface area is 103 Å². The number of aromatic nitrogens is 1. The van der Waals surface area contributed by atoms with Gasteiger partial charge in [-0.15, -0.1) is 0 Å². The maximum Gasteiger partial charge on any atom is 0.312 e. The zero-order valence-electron chi connectivity index (χ0n) is 9.53. The maximum absolute atomic E-state index is 10.9. The minimum atomic E-state index is -0.516. The maximum atomic E-state index is 10.9. The highest BCUT2D eigenvalue weighted by molar-refractivity contribution is 5.54. The van der Waals surface area contributed by atoms with Gasteiger partial charge in [-0.2, -0.15) is 5.26 Å². The molecule has 6 heteroatoms. The van der Waals surface area contributed by atoms with Crippen LogP contribution in [-0.4, -0.2) is 16.6 Å². The number of nitriles is 1. The van der Waals surface area contributed by atoms with Crippen LogP contribution in [0.15, 0.2) is 36.5 Å². The molecule has 0 amide bonds. The molecular weight excluding hydrogens is 234 g/mol. The van der Waals surface area contributed by atoms with Gasteiger partial charge in [0.05, 0.1) is 17.7 Å². The number of nitro benzene ring substituents is 1. The molecule has 1 heterocycles. The SMILES string of the molecule is COc1ccc(-n2cccc2C#N)cc1[N+](=O)[O-]. The quantitative estimate of drug-likeness (QED) is 0.611. The summed E-state index contributed by atoms with van der Waals surface area (Å²) in [5, 5.41) is 19.8. The predicted octanol–water partition coefficient (Wildman–Crippen LogP) is 2.27. The Morgan fingerprint density at radius 2 is 2.22 bits per heavy atom. The van der Waals surface area contributed by atoms with Crippen molar-refractivity contribution in [2.75, 3.05) is 7.11 Å². The molecule has 0 aliphatic heterocycles. The van der Waals surface area contributed by atoms with E-state index < -0.39 is 4.92 Å². The summed E-state index contributed by atoms with van der Waals surface area (Å²) < 4.78 is 6.50. The van der Waals surface area contributed by atoms with Crippen LogP contribution in [0.4, 0.5) is 5.69 Å². The molecule has 2 rings (SSSR count). The van der Waals surface area contributed by atoms with Gasteiger partial charge in [0.1, 0.15) is 11.8 Å². The third-order valence-electron chi connectivity index (χ3n) is 2.50. The number of nitro groups is 1. The third kappa shape index (κ3) is 1.89. The number of nitrogens with zero attached hydrogens (tertiary/aromatic N) is 3. The van der Waals surface area contributed by atoms with Crippen LogP contribution < -0.4 is 4.74 Å². The molecule has 0 saturated heterocycles. The molecule has 2 aromatic rings. The minimum absolute atomic E-state index is 0.132.